The molecule has 0 bridgehead atoms. The number of carbonyl (C=O) groups is 2. The fourth-order valence-corrected chi connectivity index (χ4v) is 4.32. The minimum atomic E-state index is -1.31. The number of thiazole rings is 1. The van der Waals surface area contributed by atoms with Gasteiger partial charge in [0.2, 0.25) is 0 Å². The minimum Gasteiger partial charge on any atom is -0.859 e. The number of nitrogens with zero attached hydrogens (tertiary/aromatic N) is 2. The molecule has 170 valence electrons. The molecule has 1 aromatic heterocycles. The first kappa shape index (κ1) is 23.3. The van der Waals surface area contributed by atoms with Crippen molar-refractivity contribution in [3.63, 3.8) is 0 Å². The van der Waals surface area contributed by atoms with Crippen LogP contribution in [0.5, 0.6) is 0 Å². The van der Waals surface area contributed by atoms with Crippen LogP contribution >= 0.6 is 23.6 Å². The van der Waals surface area contributed by atoms with Gasteiger partial charge in [0.1, 0.15) is 17.5 Å². The van der Waals surface area contributed by atoms with Gasteiger partial charge in [0.25, 0.3) is 5.69 Å². The normalized spacial score (nSPS) is 17.0. The standard InChI is InChI=1S/C18H21N7O5S2/c1-18(2)6-10(26)13(11(27)7-18)14(23-24-16(31)22-19)15(28)21-17-20-9-4-3-8(25(29)30)5-12(9)32-17/h3-5,13,23,28H,6-7,19H2,1-2H3,(H,20,21)(H2,22,24,31)/p-1. The van der Waals surface area contributed by atoms with Gasteiger partial charge in [-0.25, -0.2) is 10.8 Å². The molecule has 3 rings (SSSR count). The number of thiocarbonyl (C=S) groups is 1. The number of nitro groups is 1. The van der Waals surface area contributed by atoms with Crippen LogP contribution in [-0.4, -0.2) is 26.6 Å². The van der Waals surface area contributed by atoms with Crippen LogP contribution in [0.3, 0.4) is 0 Å². The highest BCUT2D eigenvalue weighted by Crippen LogP contribution is 2.36. The zero-order valence-corrected chi connectivity index (χ0v) is 18.7. The summed E-state index contributed by atoms with van der Waals surface area (Å²) in [4.78, 5) is 40.1. The lowest BCUT2D eigenvalue weighted by atomic mass is 9.70. The monoisotopic (exact) mass is 478 g/mol. The largest absolute Gasteiger partial charge is 0.859 e. The highest BCUT2D eigenvalue weighted by Gasteiger charge is 2.42. The van der Waals surface area contributed by atoms with Gasteiger partial charge in [-0.1, -0.05) is 25.2 Å². The summed E-state index contributed by atoms with van der Waals surface area (Å²) in [7, 11) is 0. The lowest BCUT2D eigenvalue weighted by Crippen LogP contribution is -2.51. The van der Waals surface area contributed by atoms with Crippen molar-refractivity contribution in [3.8, 4) is 0 Å². The number of hydrogen-bond donors (Lipinski definition) is 5. The summed E-state index contributed by atoms with van der Waals surface area (Å²) < 4.78 is 0.488. The summed E-state index contributed by atoms with van der Waals surface area (Å²) in [6, 6.07) is 4.11. The Hall–Kier alpha value is -3.36. The molecule has 0 radical (unpaired) electrons. The Morgan fingerprint density at radius 2 is 1.94 bits per heavy atom. The lowest BCUT2D eigenvalue weighted by molar-refractivity contribution is -0.384. The molecule has 0 unspecified atom stereocenters. The third-order valence-electron chi connectivity index (χ3n) is 4.73. The maximum Gasteiger partial charge on any atom is 0.270 e. The molecule has 1 aliphatic rings. The molecule has 0 spiro atoms. The summed E-state index contributed by atoms with van der Waals surface area (Å²) in [5, 5.41) is 26.6. The number of hydrogen-bond acceptors (Lipinski definition) is 11. The molecular formula is C18H20N7O5S2-. The van der Waals surface area contributed by atoms with Crippen LogP contribution in [0.15, 0.2) is 29.8 Å². The first-order valence-corrected chi connectivity index (χ1v) is 10.5. The van der Waals surface area contributed by atoms with Crippen LogP contribution in [0, 0.1) is 21.4 Å². The fraction of sp³-hybridized carbons (Fsp3) is 0.333. The van der Waals surface area contributed by atoms with Crippen molar-refractivity contribution >= 4 is 61.3 Å². The Morgan fingerprint density at radius 3 is 2.53 bits per heavy atom. The molecule has 1 saturated carbocycles. The van der Waals surface area contributed by atoms with E-state index in [2.05, 4.69) is 26.6 Å². The van der Waals surface area contributed by atoms with Crippen molar-refractivity contribution in [1.82, 2.24) is 21.3 Å². The molecule has 14 heteroatoms. The van der Waals surface area contributed by atoms with Crippen LogP contribution in [0.4, 0.5) is 10.8 Å². The molecule has 1 heterocycles. The summed E-state index contributed by atoms with van der Waals surface area (Å²) in [6.07, 6.45) is 0.235. The minimum absolute atomic E-state index is 0.0707. The molecule has 1 aliphatic carbocycles. The predicted octanol–water partition coefficient (Wildman–Crippen LogP) is 0.563. The average Bonchev–Trinajstić information content (AvgIpc) is 3.09. The number of Topliss-reactive ketones (excluding diaryl/α,β-unsaturated/α-hetero) is 2. The Bertz CT molecular complexity index is 1120. The second kappa shape index (κ2) is 9.02. The Balaban J connectivity index is 1.95. The van der Waals surface area contributed by atoms with Gasteiger partial charge in [-0.05, 0) is 29.6 Å². The number of rotatable bonds is 6. The number of allylic oxidation sites excluding steroid dienone is 1. The Morgan fingerprint density at radius 1 is 1.28 bits per heavy atom. The molecule has 1 aromatic carbocycles. The van der Waals surface area contributed by atoms with Gasteiger partial charge in [-0.2, -0.15) is 0 Å². The highest BCUT2D eigenvalue weighted by molar-refractivity contribution is 7.80. The molecule has 32 heavy (non-hydrogen) atoms. The zero-order chi connectivity index (χ0) is 23.6. The molecule has 6 N–H and O–H groups in total. The van der Waals surface area contributed by atoms with Crippen LogP contribution in [0.1, 0.15) is 26.7 Å². The molecule has 0 atom stereocenters. The molecule has 12 nitrogen and oxygen atoms in total. The second-order valence-electron chi connectivity index (χ2n) is 7.90. The quantitative estimate of drug-likeness (QED) is 0.0971. The van der Waals surface area contributed by atoms with E-state index in [4.69, 9.17) is 18.1 Å². The highest BCUT2D eigenvalue weighted by atomic mass is 32.1. The average molecular weight is 479 g/mol. The van der Waals surface area contributed by atoms with Gasteiger partial charge in [0.05, 0.1) is 20.8 Å². The third-order valence-corrected chi connectivity index (χ3v) is 5.88. The number of nitro benzene ring substituents is 1. The second-order valence-corrected chi connectivity index (χ2v) is 9.34. The number of anilines is 1. The Kier molecular flexibility index (Phi) is 6.57. The van der Waals surface area contributed by atoms with E-state index in [-0.39, 0.29) is 34.5 Å². The van der Waals surface area contributed by atoms with Crippen molar-refractivity contribution in [2.75, 3.05) is 5.32 Å². The molecule has 2 aromatic rings. The van der Waals surface area contributed by atoms with Gasteiger partial charge in [-0.3, -0.25) is 30.6 Å². The molecule has 1 fully saturated rings. The summed E-state index contributed by atoms with van der Waals surface area (Å²) in [5.41, 5.74) is 6.72. The van der Waals surface area contributed by atoms with Crippen molar-refractivity contribution in [3.05, 3.63) is 39.9 Å². The first-order chi connectivity index (χ1) is 15.0. The van der Waals surface area contributed by atoms with Gasteiger partial charge >= 0.3 is 0 Å². The van der Waals surface area contributed by atoms with Gasteiger partial charge < -0.3 is 15.8 Å². The smallest absolute Gasteiger partial charge is 0.270 e. The Labute approximate surface area is 191 Å². The van der Waals surface area contributed by atoms with Crippen LogP contribution in [0.2, 0.25) is 0 Å². The SMILES string of the molecule is CC1(C)CC(=O)C(C(NNC(=S)NN)=C([O-])Nc2nc3ccc([N+](=O)[O-])cc3s2)C(=O)C1. The van der Waals surface area contributed by atoms with E-state index >= 15 is 0 Å². The summed E-state index contributed by atoms with van der Waals surface area (Å²) in [6.45, 7) is 3.61. The number of benzene rings is 1. The number of nitrogens with two attached hydrogens (primary N) is 1. The molecular weight excluding hydrogens is 458 g/mol. The number of carbonyl (C=O) groups excluding carboxylic acids is 2. The fourth-order valence-electron chi connectivity index (χ4n) is 3.38. The van der Waals surface area contributed by atoms with E-state index in [1.165, 1.54) is 18.2 Å². The summed E-state index contributed by atoms with van der Waals surface area (Å²) >= 11 is 5.89. The number of non-ortho nitro benzene ring substituents is 1. The van der Waals surface area contributed by atoms with E-state index < -0.39 is 33.7 Å². The molecule has 0 amide bonds. The van der Waals surface area contributed by atoms with Crippen LogP contribution < -0.4 is 32.5 Å². The molecule has 0 aliphatic heterocycles. The van der Waals surface area contributed by atoms with Crippen LogP contribution in [0.25, 0.3) is 10.2 Å². The number of fused-ring (bicyclic) bond motifs is 1. The third kappa shape index (κ3) is 5.09. The first-order valence-electron chi connectivity index (χ1n) is 9.32. The topological polar surface area (TPSA) is 187 Å². The van der Waals surface area contributed by atoms with Gasteiger partial charge in [-0.15, -0.1) is 0 Å². The van der Waals surface area contributed by atoms with E-state index in [1.807, 2.05) is 0 Å². The van der Waals surface area contributed by atoms with Gasteiger partial charge in [0, 0.05) is 25.0 Å². The van der Waals surface area contributed by atoms with Crippen LogP contribution in [-0.2, 0) is 9.59 Å². The summed E-state index contributed by atoms with van der Waals surface area (Å²) in [5.74, 6) is 2.31. The number of ketones is 2. The van der Waals surface area contributed by atoms with Crippen molar-refractivity contribution in [2.45, 2.75) is 26.7 Å². The van der Waals surface area contributed by atoms with E-state index in [0.717, 1.165) is 11.3 Å². The van der Waals surface area contributed by atoms with Crippen molar-refractivity contribution in [2.24, 2.45) is 17.2 Å². The maximum atomic E-state index is 13.0. The number of nitrogens with one attached hydrogen (secondary N) is 4. The van der Waals surface area contributed by atoms with E-state index in [0.29, 0.717) is 10.2 Å². The van der Waals surface area contributed by atoms with E-state index in [9.17, 15) is 24.8 Å². The number of hydrazine groups is 2. The lowest BCUT2D eigenvalue weighted by Gasteiger charge is -2.35. The zero-order valence-electron chi connectivity index (χ0n) is 17.1. The van der Waals surface area contributed by atoms with Gasteiger partial charge in [0.15, 0.2) is 10.2 Å². The maximum absolute atomic E-state index is 13.0. The predicted molar refractivity (Wildman–Crippen MR) is 120 cm³/mol. The number of aromatic nitrogens is 1. The van der Waals surface area contributed by atoms with Crippen molar-refractivity contribution in [1.29, 1.82) is 0 Å². The van der Waals surface area contributed by atoms with Crippen molar-refractivity contribution < 1.29 is 19.6 Å². The van der Waals surface area contributed by atoms with E-state index in [1.54, 1.807) is 13.8 Å². The molecule has 0 saturated heterocycles.